The molecule has 0 saturated heterocycles. The molecule has 1 aromatic heterocycles. The van der Waals surface area contributed by atoms with E-state index in [-0.39, 0.29) is 17.0 Å². The molecular weight excluding hydrogens is 263 g/mol. The summed E-state index contributed by atoms with van der Waals surface area (Å²) in [4.78, 5) is 2.17. The van der Waals surface area contributed by atoms with Gasteiger partial charge in [-0.05, 0) is 0 Å². The summed E-state index contributed by atoms with van der Waals surface area (Å²) in [6.45, 7) is 0. The normalized spacial score (nSPS) is 8.10. The number of hydrogen-bond acceptors (Lipinski definition) is 2. The Hall–Kier alpha value is 0.293. The molecular formula is C6H4BrNSZn. The zero-order valence-corrected chi connectivity index (χ0v) is 10.7. The quantitative estimate of drug-likeness (QED) is 0.579. The van der Waals surface area contributed by atoms with Crippen LogP contribution in [0.15, 0.2) is 12.1 Å². The van der Waals surface area contributed by atoms with Crippen LogP contribution in [0.25, 0.3) is 0 Å². The van der Waals surface area contributed by atoms with E-state index in [9.17, 15) is 0 Å². The van der Waals surface area contributed by atoms with Crippen molar-refractivity contribution in [3.05, 3.63) is 21.9 Å². The molecule has 1 nitrogen and oxygen atoms in total. The van der Waals surface area contributed by atoms with Crippen molar-refractivity contribution >= 4 is 11.3 Å². The van der Waals surface area contributed by atoms with E-state index in [1.807, 2.05) is 12.1 Å². The zero-order chi connectivity index (χ0) is 6.69. The molecule has 0 aliphatic carbocycles. The number of rotatable bonds is 1. The second-order valence-corrected chi connectivity index (χ2v) is 3.85. The first-order chi connectivity index (χ1) is 4.36. The van der Waals surface area contributed by atoms with Gasteiger partial charge >= 0.3 is 67.9 Å². The van der Waals surface area contributed by atoms with Crippen molar-refractivity contribution in [1.29, 1.82) is 5.26 Å². The van der Waals surface area contributed by atoms with Crippen molar-refractivity contribution in [2.75, 3.05) is 0 Å². The number of halogens is 1. The van der Waals surface area contributed by atoms with E-state index >= 15 is 0 Å². The Bertz CT molecular complexity index is 240. The van der Waals surface area contributed by atoms with Gasteiger partial charge in [-0.1, -0.05) is 0 Å². The van der Waals surface area contributed by atoms with Crippen LogP contribution in [0.3, 0.4) is 0 Å². The Kier molecular flexibility index (Phi) is 5.16. The predicted octanol–water partition coefficient (Wildman–Crippen LogP) is -1.33. The molecule has 0 radical (unpaired) electrons. The van der Waals surface area contributed by atoms with Crippen molar-refractivity contribution in [2.45, 2.75) is 5.02 Å². The minimum absolute atomic E-state index is 0. The Labute approximate surface area is 84.5 Å². The van der Waals surface area contributed by atoms with Gasteiger partial charge in [-0.25, -0.2) is 0 Å². The van der Waals surface area contributed by atoms with Gasteiger partial charge in [0.2, 0.25) is 0 Å². The standard InChI is InChI=1S/C6H4NS.BrH.Zn/c1-5-2-3-6(4-7)8-5;;/h2-3H,1H2;1H;/q;;+1/p-1. The van der Waals surface area contributed by atoms with Gasteiger partial charge in [-0.3, -0.25) is 0 Å². The molecule has 0 amide bonds. The van der Waals surface area contributed by atoms with Crippen molar-refractivity contribution in [2.24, 2.45) is 0 Å². The SMILES string of the molecule is N#Cc1ccc([CH2][Zn+])s1.[Br-]. The molecule has 0 aliphatic rings. The Morgan fingerprint density at radius 3 is 2.60 bits per heavy atom. The van der Waals surface area contributed by atoms with Crippen molar-refractivity contribution in [1.82, 2.24) is 0 Å². The third-order valence-electron chi connectivity index (χ3n) is 1.02. The van der Waals surface area contributed by atoms with Gasteiger partial charge < -0.3 is 17.0 Å². The second-order valence-electron chi connectivity index (χ2n) is 1.63. The number of hydrogen-bond donors (Lipinski definition) is 0. The van der Waals surface area contributed by atoms with Gasteiger partial charge in [-0.2, -0.15) is 0 Å². The van der Waals surface area contributed by atoms with Gasteiger partial charge in [0.1, 0.15) is 0 Å². The summed E-state index contributed by atoms with van der Waals surface area (Å²) < 4.78 is 0. The van der Waals surface area contributed by atoms with E-state index in [4.69, 9.17) is 5.26 Å². The van der Waals surface area contributed by atoms with Crippen molar-refractivity contribution in [3.8, 4) is 6.07 Å². The molecule has 1 heterocycles. The Balaban J connectivity index is 0.000000810. The molecule has 0 fully saturated rings. The molecule has 10 heavy (non-hydrogen) atoms. The van der Waals surface area contributed by atoms with Crippen LogP contribution in [0.5, 0.6) is 0 Å². The maximum atomic E-state index is 8.42. The van der Waals surface area contributed by atoms with Crippen LogP contribution in [0.2, 0.25) is 0 Å². The topological polar surface area (TPSA) is 23.8 Å². The minimum Gasteiger partial charge on any atom is -1.00 e. The molecule has 0 N–H and O–H groups in total. The summed E-state index contributed by atoms with van der Waals surface area (Å²) >= 11 is 2.89. The third-order valence-corrected chi connectivity index (χ3v) is 3.96. The average molecular weight is 267 g/mol. The van der Waals surface area contributed by atoms with Crippen LogP contribution >= 0.6 is 11.3 Å². The van der Waals surface area contributed by atoms with E-state index in [2.05, 4.69) is 6.07 Å². The second kappa shape index (κ2) is 5.01. The van der Waals surface area contributed by atoms with Gasteiger partial charge in [0.25, 0.3) is 0 Å². The van der Waals surface area contributed by atoms with E-state index in [0.717, 1.165) is 9.89 Å². The van der Waals surface area contributed by atoms with Crippen LogP contribution in [0.4, 0.5) is 0 Å². The molecule has 1 rings (SSSR count). The van der Waals surface area contributed by atoms with Crippen LogP contribution < -0.4 is 17.0 Å². The van der Waals surface area contributed by atoms with Gasteiger partial charge in [0.05, 0.1) is 0 Å². The van der Waals surface area contributed by atoms with E-state index in [0.29, 0.717) is 0 Å². The molecule has 48 valence electrons. The maximum Gasteiger partial charge on any atom is -1.00 e. The third kappa shape index (κ3) is 2.50. The van der Waals surface area contributed by atoms with Gasteiger partial charge in [-0.15, -0.1) is 0 Å². The molecule has 0 saturated carbocycles. The maximum absolute atomic E-state index is 8.42. The summed E-state index contributed by atoms with van der Waals surface area (Å²) in [6.07, 6.45) is 0. The number of nitrogens with zero attached hydrogens (tertiary/aromatic N) is 1. The average Bonchev–Trinajstić information content (AvgIpc) is 2.34. The Morgan fingerprint density at radius 2 is 2.30 bits per heavy atom. The van der Waals surface area contributed by atoms with Gasteiger partial charge in [0.15, 0.2) is 0 Å². The van der Waals surface area contributed by atoms with Crippen molar-refractivity contribution < 1.29 is 35.3 Å². The summed E-state index contributed by atoms with van der Waals surface area (Å²) in [5.74, 6) is 0. The predicted molar refractivity (Wildman–Crippen MR) is 32.7 cm³/mol. The van der Waals surface area contributed by atoms with E-state index in [1.54, 1.807) is 11.3 Å². The molecule has 4 heteroatoms. The van der Waals surface area contributed by atoms with Crippen LogP contribution in [-0.4, -0.2) is 0 Å². The minimum atomic E-state index is 0. The first-order valence-corrected chi connectivity index (χ1v) is 5.56. The summed E-state index contributed by atoms with van der Waals surface area (Å²) in [7, 11) is 0. The molecule has 0 spiro atoms. The van der Waals surface area contributed by atoms with Crippen LogP contribution in [0, 0.1) is 11.3 Å². The fraction of sp³-hybridized carbons (Fsp3) is 0.167. The summed E-state index contributed by atoms with van der Waals surface area (Å²) in [5, 5.41) is 9.58. The Morgan fingerprint density at radius 1 is 1.60 bits per heavy atom. The molecule has 0 bridgehead atoms. The molecule has 0 atom stereocenters. The van der Waals surface area contributed by atoms with Gasteiger partial charge in [0, 0.05) is 0 Å². The number of nitriles is 1. The summed E-state index contributed by atoms with van der Waals surface area (Å²) in [6, 6.07) is 6.03. The van der Waals surface area contributed by atoms with Crippen LogP contribution in [-0.2, 0) is 23.3 Å². The van der Waals surface area contributed by atoms with Crippen molar-refractivity contribution in [3.63, 3.8) is 0 Å². The smallest absolute Gasteiger partial charge is 1.00 e. The van der Waals surface area contributed by atoms with Crippen LogP contribution in [0.1, 0.15) is 9.75 Å². The fourth-order valence-electron chi connectivity index (χ4n) is 0.572. The summed E-state index contributed by atoms with van der Waals surface area (Å²) in [5.41, 5.74) is 0. The first-order valence-electron chi connectivity index (χ1n) is 2.65. The first kappa shape index (κ1) is 10.3. The molecule has 0 unspecified atom stereocenters. The fourth-order valence-corrected chi connectivity index (χ4v) is 2.27. The number of thiophene rings is 1. The molecule has 0 aliphatic heterocycles. The molecule has 1 aromatic rings. The zero-order valence-electron chi connectivity index (χ0n) is 5.30. The largest absolute Gasteiger partial charge is 1.00 e. The monoisotopic (exact) mass is 265 g/mol. The molecule has 0 aromatic carbocycles. The van der Waals surface area contributed by atoms with E-state index < -0.39 is 0 Å². The van der Waals surface area contributed by atoms with E-state index in [1.165, 1.54) is 23.2 Å².